The van der Waals surface area contributed by atoms with Crippen molar-refractivity contribution in [2.75, 3.05) is 0 Å². The van der Waals surface area contributed by atoms with Gasteiger partial charge in [-0.1, -0.05) is 56.6 Å². The molecule has 0 unspecified atom stereocenters. The highest BCUT2D eigenvalue weighted by Gasteiger charge is 2.27. The number of carbonyl (C=O) groups is 1. The van der Waals surface area contributed by atoms with E-state index in [1.807, 2.05) is 6.07 Å². The van der Waals surface area contributed by atoms with Crippen molar-refractivity contribution in [1.82, 2.24) is 0 Å². The van der Waals surface area contributed by atoms with Crippen LogP contribution in [0.5, 0.6) is 0 Å². The third-order valence-electron chi connectivity index (χ3n) is 3.36. The zero-order valence-electron chi connectivity index (χ0n) is 14.7. The Kier molecular flexibility index (Phi) is 7.70. The van der Waals surface area contributed by atoms with Crippen molar-refractivity contribution < 1.29 is 14.6 Å². The average molecular weight is 343 g/mol. The number of rotatable bonds is 7. The lowest BCUT2D eigenvalue weighted by molar-refractivity contribution is 0.0121. The van der Waals surface area contributed by atoms with Crippen molar-refractivity contribution in [3.05, 3.63) is 61.2 Å². The van der Waals surface area contributed by atoms with Crippen LogP contribution in [0.3, 0.4) is 0 Å². The molecule has 1 rings (SSSR count). The summed E-state index contributed by atoms with van der Waals surface area (Å²) in [5, 5.41) is 10.4. The molecule has 3 atom stereocenters. The lowest BCUT2D eigenvalue weighted by Gasteiger charge is -2.25. The van der Waals surface area contributed by atoms with Crippen molar-refractivity contribution in [3.8, 4) is 11.5 Å². The van der Waals surface area contributed by atoms with Crippen molar-refractivity contribution in [2.45, 2.75) is 38.3 Å². The van der Waals surface area contributed by atoms with E-state index in [4.69, 9.17) is 4.74 Å². The van der Waals surface area contributed by atoms with E-state index >= 15 is 0 Å². The molecule has 24 heavy (non-hydrogen) atoms. The lowest BCUT2D eigenvalue weighted by Crippen LogP contribution is -2.32. The Labute approximate surface area is 146 Å². The second-order valence-corrected chi connectivity index (χ2v) is 11.4. The van der Waals surface area contributed by atoms with Gasteiger partial charge in [-0.05, 0) is 12.1 Å². The summed E-state index contributed by atoms with van der Waals surface area (Å²) in [6.45, 7) is 13.9. The lowest BCUT2D eigenvalue weighted by atomic mass is 9.93. The van der Waals surface area contributed by atoms with Gasteiger partial charge < -0.3 is 9.84 Å². The molecule has 1 aromatic rings. The van der Waals surface area contributed by atoms with E-state index in [0.29, 0.717) is 12.0 Å². The van der Waals surface area contributed by atoms with Gasteiger partial charge in [0.15, 0.2) is 0 Å². The highest BCUT2D eigenvalue weighted by molar-refractivity contribution is 6.83. The number of ether oxygens (including phenoxy) is 1. The van der Waals surface area contributed by atoms with Gasteiger partial charge >= 0.3 is 5.97 Å². The molecule has 0 radical (unpaired) electrons. The molecule has 0 saturated heterocycles. The Hall–Kier alpha value is -2.09. The topological polar surface area (TPSA) is 46.5 Å². The molecule has 0 aliphatic carbocycles. The number of hydrogen-bond acceptors (Lipinski definition) is 3. The Morgan fingerprint density at radius 1 is 1.25 bits per heavy atom. The zero-order chi connectivity index (χ0) is 18.2. The Balaban J connectivity index is 2.79. The van der Waals surface area contributed by atoms with E-state index in [0.717, 1.165) is 0 Å². The Morgan fingerprint density at radius 3 is 2.38 bits per heavy atom. The van der Waals surface area contributed by atoms with Crippen molar-refractivity contribution in [2.24, 2.45) is 5.92 Å². The summed E-state index contributed by atoms with van der Waals surface area (Å²) in [6.07, 6.45) is 2.00. The predicted molar refractivity (Wildman–Crippen MR) is 101 cm³/mol. The number of aliphatic hydroxyl groups is 1. The number of esters is 1. The fraction of sp³-hybridized carbons (Fsp3) is 0.350. The first-order valence-corrected chi connectivity index (χ1v) is 11.5. The minimum Gasteiger partial charge on any atom is -0.454 e. The molecule has 0 bridgehead atoms. The fourth-order valence-electron chi connectivity index (χ4n) is 2.12. The van der Waals surface area contributed by atoms with Crippen LogP contribution in [-0.4, -0.2) is 31.4 Å². The number of benzene rings is 1. The number of hydrogen-bond donors (Lipinski definition) is 1. The molecule has 0 aliphatic heterocycles. The highest BCUT2D eigenvalue weighted by atomic mass is 28.3. The van der Waals surface area contributed by atoms with E-state index in [9.17, 15) is 9.90 Å². The fourth-order valence-corrected chi connectivity index (χ4v) is 2.75. The van der Waals surface area contributed by atoms with E-state index in [1.54, 1.807) is 30.3 Å². The average Bonchev–Trinajstić information content (AvgIpc) is 2.54. The molecular weight excluding hydrogens is 316 g/mol. The Morgan fingerprint density at radius 2 is 1.88 bits per heavy atom. The van der Waals surface area contributed by atoms with Crippen LogP contribution in [0.1, 0.15) is 16.8 Å². The van der Waals surface area contributed by atoms with Crippen LogP contribution in [0.4, 0.5) is 0 Å². The quantitative estimate of drug-likeness (QED) is 0.354. The van der Waals surface area contributed by atoms with Crippen LogP contribution in [0.25, 0.3) is 0 Å². The van der Waals surface area contributed by atoms with Crippen LogP contribution < -0.4 is 0 Å². The summed E-state index contributed by atoms with van der Waals surface area (Å²) < 4.78 is 5.48. The molecule has 1 N–H and O–H groups in total. The smallest absolute Gasteiger partial charge is 0.338 e. The van der Waals surface area contributed by atoms with Crippen LogP contribution in [-0.2, 0) is 4.74 Å². The summed E-state index contributed by atoms with van der Waals surface area (Å²) in [7, 11) is -1.48. The molecule has 0 amide bonds. The summed E-state index contributed by atoms with van der Waals surface area (Å²) in [4.78, 5) is 12.2. The maximum Gasteiger partial charge on any atom is 0.338 e. The predicted octanol–water partition coefficient (Wildman–Crippen LogP) is 3.83. The van der Waals surface area contributed by atoms with Gasteiger partial charge in [0.2, 0.25) is 0 Å². The van der Waals surface area contributed by atoms with Gasteiger partial charge in [0.1, 0.15) is 14.2 Å². The maximum atomic E-state index is 12.2. The van der Waals surface area contributed by atoms with Gasteiger partial charge in [0.05, 0.1) is 11.7 Å². The third-order valence-corrected chi connectivity index (χ3v) is 4.28. The summed E-state index contributed by atoms with van der Waals surface area (Å²) in [5.74, 6) is 2.14. The van der Waals surface area contributed by atoms with E-state index in [1.165, 1.54) is 6.08 Å². The molecule has 4 heteroatoms. The minimum absolute atomic E-state index is 0.314. The molecule has 128 valence electrons. The SMILES string of the molecule is C=C[C@@H]([C@H](O)CC#C[Si](C)(C)C)[C@@H](C=C)OC(=O)c1ccccc1. The standard InChI is InChI=1S/C20H26O3Si/c1-6-17(18(21)14-11-15-24(3,4)5)19(7-2)23-20(22)16-12-9-8-10-13-16/h6-10,12-13,17-19,21H,1-2,14H2,3-5H3/t17-,18+,19+/m0/s1. The van der Waals surface area contributed by atoms with Crippen LogP contribution >= 0.6 is 0 Å². The number of aliphatic hydroxyl groups excluding tert-OH is 1. The van der Waals surface area contributed by atoms with E-state index in [2.05, 4.69) is 44.3 Å². The minimum atomic E-state index is -1.48. The first-order chi connectivity index (χ1) is 11.3. The van der Waals surface area contributed by atoms with Gasteiger partial charge in [-0.2, -0.15) is 0 Å². The molecule has 0 spiro atoms. The van der Waals surface area contributed by atoms with E-state index in [-0.39, 0.29) is 0 Å². The summed E-state index contributed by atoms with van der Waals surface area (Å²) in [6, 6.07) is 8.73. The van der Waals surface area contributed by atoms with Crippen LogP contribution in [0.2, 0.25) is 19.6 Å². The molecule has 3 nitrogen and oxygen atoms in total. The van der Waals surface area contributed by atoms with Gasteiger partial charge in [0.25, 0.3) is 0 Å². The van der Waals surface area contributed by atoms with Crippen molar-refractivity contribution >= 4 is 14.0 Å². The molecule has 0 saturated carbocycles. The molecule has 0 heterocycles. The summed E-state index contributed by atoms with van der Waals surface area (Å²) >= 11 is 0. The molecular formula is C20H26O3Si. The highest BCUT2D eigenvalue weighted by Crippen LogP contribution is 2.19. The number of carbonyl (C=O) groups excluding carboxylic acids is 1. The first-order valence-electron chi connectivity index (χ1n) is 7.97. The second-order valence-electron chi connectivity index (χ2n) is 6.61. The zero-order valence-corrected chi connectivity index (χ0v) is 15.7. The van der Waals surface area contributed by atoms with Crippen LogP contribution in [0, 0.1) is 17.4 Å². The van der Waals surface area contributed by atoms with Crippen LogP contribution in [0.15, 0.2) is 55.6 Å². The maximum absolute atomic E-state index is 12.2. The first kappa shape index (κ1) is 20.0. The Bertz CT molecular complexity index is 620. The van der Waals surface area contributed by atoms with Gasteiger partial charge in [0, 0.05) is 12.3 Å². The van der Waals surface area contributed by atoms with Crippen molar-refractivity contribution in [1.29, 1.82) is 0 Å². The summed E-state index contributed by atoms with van der Waals surface area (Å²) in [5.41, 5.74) is 3.67. The monoisotopic (exact) mass is 342 g/mol. The second kappa shape index (κ2) is 9.26. The molecule has 0 fully saturated rings. The van der Waals surface area contributed by atoms with Gasteiger partial charge in [-0.15, -0.1) is 18.0 Å². The van der Waals surface area contributed by atoms with Gasteiger partial charge in [-0.3, -0.25) is 0 Å². The largest absolute Gasteiger partial charge is 0.454 e. The van der Waals surface area contributed by atoms with E-state index < -0.39 is 32.2 Å². The molecule has 0 aliphatic rings. The van der Waals surface area contributed by atoms with Crippen molar-refractivity contribution in [3.63, 3.8) is 0 Å². The normalized spacial score (nSPS) is 14.5. The molecule has 0 aromatic heterocycles. The molecule has 1 aromatic carbocycles. The van der Waals surface area contributed by atoms with Gasteiger partial charge in [-0.25, -0.2) is 4.79 Å². The third kappa shape index (κ3) is 6.57.